The molecule has 2 aromatic rings. The number of hydrogen-bond donors (Lipinski definition) is 2. The Balaban J connectivity index is 1.57. The minimum atomic E-state index is -3.77. The molecule has 0 aromatic carbocycles. The van der Waals surface area contributed by atoms with E-state index in [9.17, 15) is 22.8 Å². The Kier molecular flexibility index (Phi) is 5.46. The Labute approximate surface area is 153 Å². The zero-order chi connectivity index (χ0) is 19.4. The summed E-state index contributed by atoms with van der Waals surface area (Å²) in [7, 11) is -3.77. The van der Waals surface area contributed by atoms with Crippen LogP contribution in [0.5, 0.6) is 0 Å². The van der Waals surface area contributed by atoms with Crippen molar-refractivity contribution in [3.63, 3.8) is 0 Å². The van der Waals surface area contributed by atoms with Gasteiger partial charge < -0.3 is 9.51 Å². The van der Waals surface area contributed by atoms with Crippen LogP contribution in [0.25, 0.3) is 11.4 Å². The van der Waals surface area contributed by atoms with E-state index in [4.69, 9.17) is 4.52 Å². The van der Waals surface area contributed by atoms with Crippen LogP contribution in [0.1, 0.15) is 25.2 Å². The Morgan fingerprint density at radius 2 is 1.96 bits per heavy atom. The molecule has 144 valence electrons. The molecule has 11 nitrogen and oxygen atoms in total. The molecule has 0 atom stereocenters. The quantitative estimate of drug-likeness (QED) is 0.588. The number of aromatic amines is 1. The summed E-state index contributed by atoms with van der Waals surface area (Å²) in [5.41, 5.74) is 0.0973. The van der Waals surface area contributed by atoms with Crippen molar-refractivity contribution < 1.29 is 22.5 Å². The van der Waals surface area contributed by atoms with Crippen molar-refractivity contribution in [3.05, 3.63) is 34.6 Å². The highest BCUT2D eigenvalue weighted by Gasteiger charge is 2.27. The summed E-state index contributed by atoms with van der Waals surface area (Å²) >= 11 is 0. The third-order valence-corrected chi connectivity index (χ3v) is 5.22. The van der Waals surface area contributed by atoms with Crippen LogP contribution >= 0.6 is 0 Å². The average Bonchev–Trinajstić information content (AvgIpc) is 3.09. The number of nitrogens with zero attached hydrogens (tertiary/aromatic N) is 3. The molecule has 0 spiro atoms. The molecule has 1 aliphatic rings. The number of carbonyl (C=O) groups excluding carboxylic acids is 2. The Morgan fingerprint density at radius 3 is 2.67 bits per heavy atom. The van der Waals surface area contributed by atoms with Crippen molar-refractivity contribution in [1.29, 1.82) is 0 Å². The molecular formula is C15H17N5O6S. The molecule has 3 heterocycles. The predicted octanol–water partition coefficient (Wildman–Crippen LogP) is -0.617. The molecule has 2 amide bonds. The van der Waals surface area contributed by atoms with E-state index in [-0.39, 0.29) is 55.0 Å². The van der Waals surface area contributed by atoms with Gasteiger partial charge in [-0.2, -0.15) is 4.98 Å². The van der Waals surface area contributed by atoms with E-state index in [1.807, 2.05) is 0 Å². The maximum Gasteiger partial charge on any atom is 0.248 e. The topological polar surface area (TPSA) is 155 Å². The van der Waals surface area contributed by atoms with Gasteiger partial charge in [0.15, 0.2) is 0 Å². The van der Waals surface area contributed by atoms with Crippen molar-refractivity contribution in [2.24, 2.45) is 0 Å². The fraction of sp³-hybridized carbons (Fsp3) is 0.400. The van der Waals surface area contributed by atoms with Crippen molar-refractivity contribution in [2.75, 3.05) is 12.3 Å². The van der Waals surface area contributed by atoms with E-state index in [1.54, 1.807) is 6.07 Å². The number of carbonyl (C=O) groups is 2. The Hall–Kier alpha value is -2.86. The lowest BCUT2D eigenvalue weighted by Crippen LogP contribution is -2.43. The van der Waals surface area contributed by atoms with Crippen LogP contribution < -0.4 is 10.3 Å². The summed E-state index contributed by atoms with van der Waals surface area (Å²) in [4.78, 5) is 42.1. The molecule has 1 saturated heterocycles. The van der Waals surface area contributed by atoms with Crippen molar-refractivity contribution in [3.8, 4) is 11.4 Å². The van der Waals surface area contributed by atoms with Gasteiger partial charge in [0, 0.05) is 37.2 Å². The molecule has 0 aliphatic carbocycles. The fourth-order valence-electron chi connectivity index (χ4n) is 2.53. The third-order valence-electron chi connectivity index (χ3n) is 3.91. The van der Waals surface area contributed by atoms with E-state index in [0.29, 0.717) is 12.0 Å². The van der Waals surface area contributed by atoms with Crippen LogP contribution in [0.15, 0.2) is 27.6 Å². The highest BCUT2D eigenvalue weighted by atomic mass is 32.2. The van der Waals surface area contributed by atoms with E-state index in [0.717, 1.165) is 4.90 Å². The van der Waals surface area contributed by atoms with Gasteiger partial charge in [-0.25, -0.2) is 13.1 Å². The first-order valence-electron chi connectivity index (χ1n) is 8.16. The van der Waals surface area contributed by atoms with Gasteiger partial charge in [-0.1, -0.05) is 5.16 Å². The van der Waals surface area contributed by atoms with Gasteiger partial charge in [-0.05, 0) is 12.5 Å². The van der Waals surface area contributed by atoms with E-state index >= 15 is 0 Å². The predicted molar refractivity (Wildman–Crippen MR) is 91.6 cm³/mol. The number of rotatable bonds is 7. The monoisotopic (exact) mass is 395 g/mol. The molecule has 3 rings (SSSR count). The normalized spacial score (nSPS) is 15.3. The van der Waals surface area contributed by atoms with Gasteiger partial charge in [0.1, 0.15) is 0 Å². The highest BCUT2D eigenvalue weighted by molar-refractivity contribution is 7.89. The first-order valence-corrected chi connectivity index (χ1v) is 9.81. The zero-order valence-electron chi connectivity index (χ0n) is 14.2. The lowest BCUT2D eigenvalue weighted by molar-refractivity contribution is -0.147. The number of amides is 2. The number of pyridine rings is 1. The number of hydrogen-bond acceptors (Lipinski definition) is 8. The first kappa shape index (κ1) is 18.9. The second kappa shape index (κ2) is 7.80. The van der Waals surface area contributed by atoms with Crippen LogP contribution in [0, 0.1) is 0 Å². The molecule has 1 fully saturated rings. The molecule has 2 aromatic heterocycles. The maximum absolute atomic E-state index is 12.1. The molecule has 0 saturated carbocycles. The van der Waals surface area contributed by atoms with Gasteiger partial charge in [0.05, 0.1) is 12.3 Å². The van der Waals surface area contributed by atoms with Gasteiger partial charge in [-0.3, -0.25) is 19.3 Å². The first-order chi connectivity index (χ1) is 12.8. The van der Waals surface area contributed by atoms with Gasteiger partial charge >= 0.3 is 0 Å². The standard InChI is InChI=1S/C15H17N5O6S/c21-11-8-10(4-5-16-11)15-18-12(26-19-15)9-17-27(24,25)7-6-20-13(22)2-1-3-14(20)23/h4-5,8,17H,1-3,6-7,9H2,(H,16,21). The lowest BCUT2D eigenvalue weighted by Gasteiger charge is -2.24. The summed E-state index contributed by atoms with van der Waals surface area (Å²) in [5, 5.41) is 3.70. The summed E-state index contributed by atoms with van der Waals surface area (Å²) in [6.07, 6.45) is 2.41. The van der Waals surface area contributed by atoms with Crippen LogP contribution in [0.3, 0.4) is 0 Å². The van der Waals surface area contributed by atoms with Crippen LogP contribution in [-0.4, -0.2) is 52.6 Å². The van der Waals surface area contributed by atoms with E-state index in [2.05, 4.69) is 19.8 Å². The molecule has 0 unspecified atom stereocenters. The number of likely N-dealkylation sites (tertiary alicyclic amines) is 1. The molecule has 0 radical (unpaired) electrons. The molecular weight excluding hydrogens is 378 g/mol. The maximum atomic E-state index is 12.1. The van der Waals surface area contributed by atoms with Crippen molar-refractivity contribution in [2.45, 2.75) is 25.8 Å². The van der Waals surface area contributed by atoms with Crippen LogP contribution in [-0.2, 0) is 26.2 Å². The summed E-state index contributed by atoms with van der Waals surface area (Å²) in [5.74, 6) is -0.972. The van der Waals surface area contributed by atoms with Gasteiger partial charge in [-0.15, -0.1) is 0 Å². The Morgan fingerprint density at radius 1 is 1.22 bits per heavy atom. The molecule has 12 heteroatoms. The minimum Gasteiger partial charge on any atom is -0.338 e. The number of sulfonamides is 1. The summed E-state index contributed by atoms with van der Waals surface area (Å²) < 4.78 is 31.4. The zero-order valence-corrected chi connectivity index (χ0v) is 15.0. The SMILES string of the molecule is O=C1CCCC(=O)N1CCS(=O)(=O)NCc1nc(-c2cc[nH]c(=O)c2)no1. The van der Waals surface area contributed by atoms with Crippen molar-refractivity contribution in [1.82, 2.24) is 24.7 Å². The number of piperidine rings is 1. The smallest absolute Gasteiger partial charge is 0.248 e. The largest absolute Gasteiger partial charge is 0.338 e. The molecule has 1 aliphatic heterocycles. The van der Waals surface area contributed by atoms with E-state index < -0.39 is 15.8 Å². The third kappa shape index (κ3) is 4.86. The number of aromatic nitrogens is 3. The average molecular weight is 395 g/mol. The molecule has 27 heavy (non-hydrogen) atoms. The lowest BCUT2D eigenvalue weighted by atomic mass is 10.1. The number of nitrogens with one attached hydrogen (secondary N) is 2. The number of imide groups is 1. The minimum absolute atomic E-state index is 0.0129. The molecule has 2 N–H and O–H groups in total. The van der Waals surface area contributed by atoms with Gasteiger partial charge in [0.25, 0.3) is 0 Å². The van der Waals surface area contributed by atoms with Gasteiger partial charge in [0.2, 0.25) is 39.1 Å². The second-order valence-electron chi connectivity index (χ2n) is 5.89. The summed E-state index contributed by atoms with van der Waals surface area (Å²) in [6, 6.07) is 2.86. The second-order valence-corrected chi connectivity index (χ2v) is 7.81. The fourth-order valence-corrected chi connectivity index (χ4v) is 3.44. The number of H-pyrrole nitrogens is 1. The summed E-state index contributed by atoms with van der Waals surface area (Å²) in [6.45, 7) is -0.449. The highest BCUT2D eigenvalue weighted by Crippen LogP contribution is 2.13. The van der Waals surface area contributed by atoms with Crippen LogP contribution in [0.2, 0.25) is 0 Å². The van der Waals surface area contributed by atoms with Crippen LogP contribution in [0.4, 0.5) is 0 Å². The van der Waals surface area contributed by atoms with E-state index in [1.165, 1.54) is 12.3 Å². The molecule has 0 bridgehead atoms. The van der Waals surface area contributed by atoms with Crippen molar-refractivity contribution >= 4 is 21.8 Å². The Bertz CT molecular complexity index is 995.